The molecule has 68 heavy (non-hydrogen) atoms. The predicted octanol–water partition coefficient (Wildman–Crippen LogP) is 17.7. The molecule has 1 aromatic heterocycles. The van der Waals surface area contributed by atoms with Crippen LogP contribution in [0, 0.1) is 0 Å². The molecular weight excluding hydrogens is 821 g/mol. The molecule has 0 radical (unpaired) electrons. The average Bonchev–Trinajstić information content (AvgIpc) is 3.91. The zero-order valence-corrected chi connectivity index (χ0v) is 38.1. The summed E-state index contributed by atoms with van der Waals surface area (Å²) < 4.78 is 2.39. The second-order valence-corrected chi connectivity index (χ2v) is 17.2. The van der Waals surface area contributed by atoms with E-state index in [1.54, 1.807) is 6.08 Å². The van der Waals surface area contributed by atoms with E-state index in [4.69, 9.17) is 0 Å². The van der Waals surface area contributed by atoms with E-state index in [0.29, 0.717) is 0 Å². The Bertz CT molecular complexity index is 3510. The average molecular weight is 871 g/mol. The number of aromatic nitrogens is 1. The lowest BCUT2D eigenvalue weighted by molar-refractivity contribution is 0.768. The highest BCUT2D eigenvalue weighted by Crippen LogP contribution is 2.57. The Morgan fingerprint density at radius 3 is 1.54 bits per heavy atom. The largest absolute Gasteiger partial charge is 0.310 e. The van der Waals surface area contributed by atoms with Crippen molar-refractivity contribution < 1.29 is 0 Å². The van der Waals surface area contributed by atoms with Crippen LogP contribution in [0.25, 0.3) is 60.9 Å². The second kappa shape index (κ2) is 18.3. The number of hydrogen-bond acceptors (Lipinski definition) is 1. The third-order valence-corrected chi connectivity index (χ3v) is 13.4. The minimum atomic E-state index is -0.505. The number of hydrogen-bond donors (Lipinski definition) is 0. The first-order valence-corrected chi connectivity index (χ1v) is 23.4. The summed E-state index contributed by atoms with van der Waals surface area (Å²) in [5.74, 6) is 0. The first kappa shape index (κ1) is 41.9. The second-order valence-electron chi connectivity index (χ2n) is 17.2. The zero-order valence-electron chi connectivity index (χ0n) is 38.1. The van der Waals surface area contributed by atoms with Gasteiger partial charge in [0.25, 0.3) is 0 Å². The summed E-state index contributed by atoms with van der Waals surface area (Å²) in [6, 6.07) is 93.2. The van der Waals surface area contributed by atoms with Crippen molar-refractivity contribution in [3.05, 3.63) is 302 Å². The molecule has 1 aliphatic carbocycles. The van der Waals surface area contributed by atoms with Gasteiger partial charge in [0, 0.05) is 33.5 Å². The molecule has 0 unspecified atom stereocenters. The highest BCUT2D eigenvalue weighted by atomic mass is 15.1. The van der Waals surface area contributed by atoms with Gasteiger partial charge < -0.3 is 9.47 Å². The molecule has 1 aliphatic rings. The molecule has 0 fully saturated rings. The molecule has 0 N–H and O–H groups in total. The number of allylic oxidation sites excluding steroid dienone is 3. The normalized spacial score (nSPS) is 12.3. The molecule has 324 valence electrons. The summed E-state index contributed by atoms with van der Waals surface area (Å²) in [5, 5.41) is 2.50. The summed E-state index contributed by atoms with van der Waals surface area (Å²) in [6.45, 7) is 5.42. The maximum Gasteiger partial charge on any atom is 0.0714 e. The molecule has 0 spiro atoms. The van der Waals surface area contributed by atoms with Crippen LogP contribution in [-0.4, -0.2) is 4.57 Å². The van der Waals surface area contributed by atoms with Crippen molar-refractivity contribution in [2.75, 3.05) is 4.90 Å². The van der Waals surface area contributed by atoms with Gasteiger partial charge in [-0.05, 0) is 123 Å². The van der Waals surface area contributed by atoms with E-state index >= 15 is 0 Å². The topological polar surface area (TPSA) is 8.17 Å². The monoisotopic (exact) mass is 870 g/mol. The van der Waals surface area contributed by atoms with Gasteiger partial charge in [0.15, 0.2) is 0 Å². The van der Waals surface area contributed by atoms with Crippen LogP contribution in [0.15, 0.2) is 280 Å². The molecule has 0 atom stereocenters. The third-order valence-electron chi connectivity index (χ3n) is 13.4. The van der Waals surface area contributed by atoms with Crippen LogP contribution in [-0.2, 0) is 5.41 Å². The van der Waals surface area contributed by atoms with Gasteiger partial charge >= 0.3 is 0 Å². The first-order chi connectivity index (χ1) is 33.7. The molecule has 2 heteroatoms. The number of para-hydroxylation sites is 2. The predicted molar refractivity (Wildman–Crippen MR) is 289 cm³/mol. The summed E-state index contributed by atoms with van der Waals surface area (Å²) in [7, 11) is 0. The molecule has 11 aromatic rings. The van der Waals surface area contributed by atoms with Crippen LogP contribution in [0.4, 0.5) is 17.1 Å². The zero-order chi connectivity index (χ0) is 45.9. The van der Waals surface area contributed by atoms with Crippen molar-refractivity contribution in [2.24, 2.45) is 0 Å². The van der Waals surface area contributed by atoms with Crippen molar-refractivity contribution in [3.8, 4) is 39.1 Å². The van der Waals surface area contributed by atoms with Crippen molar-refractivity contribution in [3.63, 3.8) is 0 Å². The molecule has 12 rings (SSSR count). The van der Waals surface area contributed by atoms with Crippen molar-refractivity contribution in [1.29, 1.82) is 0 Å². The van der Waals surface area contributed by atoms with Crippen LogP contribution in [0.1, 0.15) is 29.2 Å². The summed E-state index contributed by atoms with van der Waals surface area (Å²) >= 11 is 0. The molecule has 0 saturated carbocycles. The van der Waals surface area contributed by atoms with Gasteiger partial charge in [0.2, 0.25) is 0 Å². The molecule has 10 aromatic carbocycles. The maximum absolute atomic E-state index is 3.46. The lowest BCUT2D eigenvalue weighted by atomic mass is 9.67. The van der Waals surface area contributed by atoms with Crippen molar-refractivity contribution >= 4 is 38.9 Å². The smallest absolute Gasteiger partial charge is 0.0714 e. The van der Waals surface area contributed by atoms with E-state index in [9.17, 15) is 0 Å². The fraction of sp³-hybridized carbons (Fsp3) is 0.0303. The van der Waals surface area contributed by atoms with E-state index < -0.39 is 5.41 Å². The number of anilines is 3. The van der Waals surface area contributed by atoms with Crippen molar-refractivity contribution in [2.45, 2.75) is 12.3 Å². The SMILES string of the molecule is C=C/C=C\C.c1ccc(-c2ccc(N(c3ccc(-c4cccc5c4c4ccccc4n5-c4ccccc4)cc3)c3ccc4c(c3)C(c3ccccc3)(c3ccccc3)c3ccccc3-4)cc2)cc1. The number of nitrogens with zero attached hydrogens (tertiary/aromatic N) is 2. The Morgan fingerprint density at radius 2 is 0.912 bits per heavy atom. The molecule has 0 amide bonds. The van der Waals surface area contributed by atoms with Gasteiger partial charge in [-0.1, -0.05) is 219 Å². The van der Waals surface area contributed by atoms with E-state index in [1.807, 2.05) is 19.1 Å². The van der Waals surface area contributed by atoms with Gasteiger partial charge in [-0.25, -0.2) is 0 Å². The Labute approximate surface area is 399 Å². The van der Waals surface area contributed by atoms with E-state index in [-0.39, 0.29) is 0 Å². The number of rotatable bonds is 9. The lowest BCUT2D eigenvalue weighted by Gasteiger charge is -2.35. The molecule has 2 nitrogen and oxygen atoms in total. The highest BCUT2D eigenvalue weighted by molar-refractivity contribution is 6.15. The maximum atomic E-state index is 3.46. The minimum absolute atomic E-state index is 0.505. The summed E-state index contributed by atoms with van der Waals surface area (Å²) in [4.78, 5) is 2.42. The van der Waals surface area contributed by atoms with E-state index in [1.165, 1.54) is 77.4 Å². The fourth-order valence-corrected chi connectivity index (χ4v) is 10.5. The highest BCUT2D eigenvalue weighted by Gasteiger charge is 2.46. The van der Waals surface area contributed by atoms with Crippen LogP contribution in [0.5, 0.6) is 0 Å². The van der Waals surface area contributed by atoms with Crippen molar-refractivity contribution in [1.82, 2.24) is 4.57 Å². The fourth-order valence-electron chi connectivity index (χ4n) is 10.5. The Morgan fingerprint density at radius 1 is 0.412 bits per heavy atom. The van der Waals surface area contributed by atoms with Crippen LogP contribution < -0.4 is 4.90 Å². The van der Waals surface area contributed by atoms with E-state index in [2.05, 4.69) is 271 Å². The van der Waals surface area contributed by atoms with Gasteiger partial charge in [-0.15, -0.1) is 0 Å². The Hall–Kier alpha value is -8.72. The van der Waals surface area contributed by atoms with Gasteiger partial charge in [0.1, 0.15) is 0 Å². The van der Waals surface area contributed by atoms with Gasteiger partial charge in [-0.3, -0.25) is 0 Å². The molecule has 0 bridgehead atoms. The summed E-state index contributed by atoms with van der Waals surface area (Å²) in [6.07, 6.45) is 5.58. The van der Waals surface area contributed by atoms with Crippen LogP contribution in [0.3, 0.4) is 0 Å². The van der Waals surface area contributed by atoms with E-state index in [0.717, 1.165) is 22.7 Å². The van der Waals surface area contributed by atoms with Crippen LogP contribution >= 0.6 is 0 Å². The Balaban J connectivity index is 0.000000966. The van der Waals surface area contributed by atoms with Gasteiger partial charge in [-0.2, -0.15) is 0 Å². The lowest BCUT2D eigenvalue weighted by Crippen LogP contribution is -2.28. The Kier molecular flexibility index (Phi) is 11.3. The first-order valence-electron chi connectivity index (χ1n) is 23.4. The molecular formula is C66H50N2. The van der Waals surface area contributed by atoms with Gasteiger partial charge in [0.05, 0.1) is 16.4 Å². The number of fused-ring (bicyclic) bond motifs is 6. The standard InChI is InChI=1S/C61H42N2.C5H8/c1-5-18-43(19-6-1)44-32-36-49(37-33-44)62(50-38-34-45(35-39-50)52-28-17-31-59-60(52)55-27-14-16-30-58(55)63(59)48-24-11-4-12-25-48)51-40-41-54-53-26-13-15-29-56(53)61(57(54)42-51,46-20-7-2-8-21-46)47-22-9-3-10-23-47;1-3-5-4-2/h1-42H;3-5H,1H2,2H3/b;5-4-. The third kappa shape index (κ3) is 7.24. The molecule has 0 saturated heterocycles. The number of benzene rings is 10. The molecule has 0 aliphatic heterocycles. The van der Waals surface area contributed by atoms with Crippen LogP contribution in [0.2, 0.25) is 0 Å². The quantitative estimate of drug-likeness (QED) is 0.131. The summed E-state index contributed by atoms with van der Waals surface area (Å²) in [5.41, 5.74) is 18.8. The minimum Gasteiger partial charge on any atom is -0.310 e. The molecule has 1 heterocycles.